The lowest BCUT2D eigenvalue weighted by Crippen LogP contribution is -2.39. The Bertz CT molecular complexity index is 1130. The largest absolute Gasteiger partial charge is 0.497 e. The van der Waals surface area contributed by atoms with E-state index in [1.165, 1.54) is 33.3 Å². The number of carbonyl (C=O) groups excluding carboxylic acids is 2. The van der Waals surface area contributed by atoms with Gasteiger partial charge in [0.05, 0.1) is 31.9 Å². The van der Waals surface area contributed by atoms with Gasteiger partial charge in [0.2, 0.25) is 15.9 Å². The Balaban J connectivity index is 2.21. The van der Waals surface area contributed by atoms with Crippen molar-refractivity contribution in [2.75, 3.05) is 36.6 Å². The highest BCUT2D eigenvalue weighted by Crippen LogP contribution is 2.33. The molecule has 0 fully saturated rings. The van der Waals surface area contributed by atoms with Crippen LogP contribution in [0.15, 0.2) is 47.6 Å². The normalized spacial score (nSPS) is 11.5. The Hall–Kier alpha value is -3.60. The molecule has 32 heavy (non-hydrogen) atoms. The number of sulfonamides is 1. The number of nitrogens with one attached hydrogen (secondary N) is 2. The van der Waals surface area contributed by atoms with Crippen LogP contribution in [0.1, 0.15) is 19.4 Å². The maximum absolute atomic E-state index is 12.5. The minimum atomic E-state index is -3.81. The zero-order valence-electron chi connectivity index (χ0n) is 18.5. The number of hydrogen-bond acceptors (Lipinski definition) is 7. The second-order valence-electron chi connectivity index (χ2n) is 6.80. The van der Waals surface area contributed by atoms with Crippen molar-refractivity contribution in [3.05, 3.63) is 48.0 Å². The van der Waals surface area contributed by atoms with E-state index in [0.29, 0.717) is 22.7 Å². The van der Waals surface area contributed by atoms with E-state index in [1.54, 1.807) is 37.3 Å². The highest BCUT2D eigenvalue weighted by atomic mass is 32.2. The third-order valence-electron chi connectivity index (χ3n) is 4.29. The summed E-state index contributed by atoms with van der Waals surface area (Å²) in [5, 5.41) is 6.71. The average Bonchev–Trinajstić information content (AvgIpc) is 2.74. The monoisotopic (exact) mass is 462 g/mol. The van der Waals surface area contributed by atoms with E-state index in [2.05, 4.69) is 15.8 Å². The van der Waals surface area contributed by atoms with Crippen LogP contribution in [0.4, 0.5) is 11.4 Å². The van der Waals surface area contributed by atoms with Crippen molar-refractivity contribution in [3.8, 4) is 11.5 Å². The van der Waals surface area contributed by atoms with Crippen molar-refractivity contribution >= 4 is 38.9 Å². The molecule has 2 rings (SSSR count). The fourth-order valence-electron chi connectivity index (χ4n) is 2.77. The number of rotatable bonds is 9. The van der Waals surface area contributed by atoms with Gasteiger partial charge in [0, 0.05) is 18.7 Å². The third kappa shape index (κ3) is 6.71. The Morgan fingerprint density at radius 3 is 2.38 bits per heavy atom. The van der Waals surface area contributed by atoms with Gasteiger partial charge in [-0.1, -0.05) is 12.1 Å². The summed E-state index contributed by atoms with van der Waals surface area (Å²) < 4.78 is 36.0. The minimum Gasteiger partial charge on any atom is -0.497 e. The van der Waals surface area contributed by atoms with Gasteiger partial charge in [-0.15, -0.1) is 0 Å². The molecule has 0 saturated heterocycles. The molecule has 0 radical (unpaired) electrons. The van der Waals surface area contributed by atoms with Crippen molar-refractivity contribution in [3.63, 3.8) is 0 Å². The molecule has 0 atom stereocenters. The molecule has 0 spiro atoms. The van der Waals surface area contributed by atoms with Crippen molar-refractivity contribution in [2.45, 2.75) is 13.8 Å². The summed E-state index contributed by atoms with van der Waals surface area (Å²) in [7, 11) is -0.945. The van der Waals surface area contributed by atoms with Crippen LogP contribution in [0.3, 0.4) is 0 Å². The molecule has 0 aliphatic carbocycles. The summed E-state index contributed by atoms with van der Waals surface area (Å²) in [6, 6.07) is 11.5. The molecule has 10 nitrogen and oxygen atoms in total. The van der Waals surface area contributed by atoms with E-state index >= 15 is 0 Å². The quantitative estimate of drug-likeness (QED) is 0.433. The van der Waals surface area contributed by atoms with Gasteiger partial charge < -0.3 is 14.8 Å². The summed E-state index contributed by atoms with van der Waals surface area (Å²) in [6.45, 7) is 2.57. The molecule has 2 amide bonds. The first-order chi connectivity index (χ1) is 15.0. The molecular formula is C21H26N4O6S. The van der Waals surface area contributed by atoms with E-state index in [4.69, 9.17) is 9.47 Å². The molecule has 2 N–H and O–H groups in total. The summed E-state index contributed by atoms with van der Waals surface area (Å²) in [5.41, 5.74) is 4.29. The topological polar surface area (TPSA) is 126 Å². The fraction of sp³-hybridized carbons (Fsp3) is 0.286. The van der Waals surface area contributed by atoms with Gasteiger partial charge in [-0.2, -0.15) is 5.10 Å². The highest BCUT2D eigenvalue weighted by molar-refractivity contribution is 7.92. The minimum absolute atomic E-state index is 0.189. The molecule has 172 valence electrons. The Labute approximate surface area is 187 Å². The smallest absolute Gasteiger partial charge is 0.260 e. The van der Waals surface area contributed by atoms with E-state index < -0.39 is 22.5 Å². The first kappa shape index (κ1) is 24.7. The number of amides is 2. The number of ether oxygens (including phenoxy) is 2. The molecule has 0 bridgehead atoms. The Morgan fingerprint density at radius 2 is 1.78 bits per heavy atom. The summed E-state index contributed by atoms with van der Waals surface area (Å²) in [4.78, 5) is 23.7. The van der Waals surface area contributed by atoms with Crippen molar-refractivity contribution < 1.29 is 27.5 Å². The van der Waals surface area contributed by atoms with Crippen LogP contribution in [0.5, 0.6) is 11.5 Å². The predicted molar refractivity (Wildman–Crippen MR) is 123 cm³/mol. The lowest BCUT2D eigenvalue weighted by molar-refractivity contribution is -0.119. The molecule has 0 aliphatic heterocycles. The van der Waals surface area contributed by atoms with E-state index in [-0.39, 0.29) is 17.3 Å². The van der Waals surface area contributed by atoms with Gasteiger partial charge in [-0.25, -0.2) is 13.8 Å². The third-order valence-corrected chi connectivity index (χ3v) is 5.42. The molecule has 2 aromatic rings. The lowest BCUT2D eigenvalue weighted by Gasteiger charge is -2.23. The van der Waals surface area contributed by atoms with Crippen LogP contribution < -0.4 is 24.5 Å². The lowest BCUT2D eigenvalue weighted by atomic mass is 10.1. The second kappa shape index (κ2) is 10.6. The van der Waals surface area contributed by atoms with Crippen molar-refractivity contribution in [1.82, 2.24) is 5.43 Å². The number of methoxy groups -OCH3 is 2. The van der Waals surface area contributed by atoms with Crippen molar-refractivity contribution in [2.24, 2.45) is 5.10 Å². The molecular weight excluding hydrogens is 436 g/mol. The number of hydrazone groups is 1. The number of benzene rings is 2. The second-order valence-corrected chi connectivity index (χ2v) is 8.71. The summed E-state index contributed by atoms with van der Waals surface area (Å²) in [5.74, 6) is -0.146. The van der Waals surface area contributed by atoms with Crippen LogP contribution in [-0.4, -0.2) is 53.0 Å². The van der Waals surface area contributed by atoms with E-state index in [9.17, 15) is 18.0 Å². The van der Waals surface area contributed by atoms with Gasteiger partial charge in [0.15, 0.2) is 0 Å². The van der Waals surface area contributed by atoms with E-state index in [0.717, 1.165) is 10.6 Å². The number of carbonyl (C=O) groups is 2. The van der Waals surface area contributed by atoms with Gasteiger partial charge in [-0.3, -0.25) is 13.9 Å². The van der Waals surface area contributed by atoms with Gasteiger partial charge >= 0.3 is 0 Å². The molecule has 2 aromatic carbocycles. The zero-order chi connectivity index (χ0) is 23.9. The first-order valence-corrected chi connectivity index (χ1v) is 11.3. The molecule has 0 heterocycles. The number of anilines is 2. The molecule has 0 aliphatic rings. The predicted octanol–water partition coefficient (Wildman–Crippen LogP) is 1.97. The SMILES string of the molecule is COc1ccc(N(CC(=O)N/N=C(/C)c2cccc(NC(C)=O)c2)S(C)(=O)=O)c(OC)c1. The molecule has 11 heteroatoms. The van der Waals surface area contributed by atoms with Crippen LogP contribution in [0.25, 0.3) is 0 Å². The van der Waals surface area contributed by atoms with Crippen LogP contribution in [-0.2, 0) is 19.6 Å². The Morgan fingerprint density at radius 1 is 1.06 bits per heavy atom. The first-order valence-electron chi connectivity index (χ1n) is 9.46. The number of hydrogen-bond donors (Lipinski definition) is 2. The number of nitrogens with zero attached hydrogens (tertiary/aromatic N) is 2. The van der Waals surface area contributed by atoms with Gasteiger partial charge in [-0.05, 0) is 36.8 Å². The molecule has 0 aromatic heterocycles. The van der Waals surface area contributed by atoms with Gasteiger partial charge in [0.25, 0.3) is 5.91 Å². The molecule has 0 unspecified atom stereocenters. The maximum atomic E-state index is 12.5. The van der Waals surface area contributed by atoms with Gasteiger partial charge in [0.1, 0.15) is 18.0 Å². The average molecular weight is 463 g/mol. The highest BCUT2D eigenvalue weighted by Gasteiger charge is 2.24. The van der Waals surface area contributed by atoms with E-state index in [1.807, 2.05) is 0 Å². The summed E-state index contributed by atoms with van der Waals surface area (Å²) in [6.07, 6.45) is 0.992. The van der Waals surface area contributed by atoms with Crippen LogP contribution in [0.2, 0.25) is 0 Å². The summed E-state index contributed by atoms with van der Waals surface area (Å²) >= 11 is 0. The fourth-order valence-corrected chi connectivity index (χ4v) is 3.63. The standard InChI is InChI=1S/C21H26N4O6S/c1-14(16-7-6-8-17(11-16)22-15(2)26)23-24-21(27)13-25(32(5,28)29)19-10-9-18(30-3)12-20(19)31-4/h6-12H,13H2,1-5H3,(H,22,26)(H,24,27)/b23-14-. The van der Waals surface area contributed by atoms with Crippen LogP contribution in [0, 0.1) is 0 Å². The van der Waals surface area contributed by atoms with Crippen LogP contribution >= 0.6 is 0 Å². The Kier molecular flexibility index (Phi) is 8.19. The zero-order valence-corrected chi connectivity index (χ0v) is 19.3. The van der Waals surface area contributed by atoms with Crippen molar-refractivity contribution in [1.29, 1.82) is 0 Å². The molecule has 0 saturated carbocycles. The maximum Gasteiger partial charge on any atom is 0.260 e.